The van der Waals surface area contributed by atoms with Gasteiger partial charge < -0.3 is 20.7 Å². The van der Waals surface area contributed by atoms with E-state index in [4.69, 9.17) is 33.7 Å². The fourth-order valence-corrected chi connectivity index (χ4v) is 2.75. The Balaban J connectivity index is 2.19. The predicted octanol–water partition coefficient (Wildman–Crippen LogP) is -0.358. The first-order valence-electron chi connectivity index (χ1n) is 6.15. The molecule has 3 rings (SSSR count). The summed E-state index contributed by atoms with van der Waals surface area (Å²) < 4.78 is 6.69. The number of nitrogen functional groups attached to an aromatic ring is 1. The normalized spacial score (nSPS) is 25.1. The summed E-state index contributed by atoms with van der Waals surface area (Å²) >= 11 is 11.6. The summed E-state index contributed by atoms with van der Waals surface area (Å²) in [5.41, 5.74) is 5.34. The van der Waals surface area contributed by atoms with Crippen LogP contribution in [0.2, 0.25) is 0 Å². The summed E-state index contributed by atoms with van der Waals surface area (Å²) in [7, 11) is 0. The number of imidazole rings is 1. The number of H-pyrrole nitrogens is 1. The summed E-state index contributed by atoms with van der Waals surface area (Å²) in [6.45, 7) is -0.439. The number of nitrogens with zero attached hydrogens (tertiary/aromatic N) is 3. The second-order valence-corrected chi connectivity index (χ2v) is 5.59. The highest BCUT2D eigenvalue weighted by Gasteiger charge is 2.42. The van der Waals surface area contributed by atoms with E-state index in [9.17, 15) is 15.0 Å². The van der Waals surface area contributed by atoms with Crippen LogP contribution in [0.4, 0.5) is 5.95 Å². The predicted molar refractivity (Wildman–Crippen MR) is 78.3 cm³/mol. The minimum absolute atomic E-state index is 0.0461. The van der Waals surface area contributed by atoms with Gasteiger partial charge in [0.25, 0.3) is 5.56 Å². The van der Waals surface area contributed by atoms with Crippen molar-refractivity contribution in [3.63, 3.8) is 0 Å². The Hall–Kier alpha value is -1.65. The lowest BCUT2D eigenvalue weighted by Crippen LogP contribution is -2.25. The molecule has 0 aliphatic carbocycles. The molecule has 11 heteroatoms. The van der Waals surface area contributed by atoms with Gasteiger partial charge in [-0.1, -0.05) is 23.2 Å². The van der Waals surface area contributed by atoms with Gasteiger partial charge in [0, 0.05) is 5.57 Å². The van der Waals surface area contributed by atoms with Crippen molar-refractivity contribution in [1.29, 1.82) is 0 Å². The van der Waals surface area contributed by atoms with Gasteiger partial charge in [-0.25, -0.2) is 4.98 Å². The summed E-state index contributed by atoms with van der Waals surface area (Å²) in [6.07, 6.45) is -1.78. The zero-order chi connectivity index (χ0) is 16.0. The number of nitrogens with one attached hydrogen (secondary N) is 1. The molecular weight excluding hydrogens is 337 g/mol. The largest absolute Gasteiger partial charge is 0.394 e. The van der Waals surface area contributed by atoms with E-state index in [0.717, 1.165) is 0 Å². The molecule has 0 bridgehead atoms. The Morgan fingerprint density at radius 2 is 2.27 bits per heavy atom. The van der Waals surface area contributed by atoms with Crippen LogP contribution in [0.15, 0.2) is 21.2 Å². The highest BCUT2D eigenvalue weighted by molar-refractivity contribution is 6.56. The molecule has 2 aromatic heterocycles. The third-order valence-corrected chi connectivity index (χ3v) is 3.78. The van der Waals surface area contributed by atoms with Crippen molar-refractivity contribution < 1.29 is 14.9 Å². The van der Waals surface area contributed by atoms with Crippen molar-refractivity contribution in [2.45, 2.75) is 18.4 Å². The average molecular weight is 348 g/mol. The maximum Gasteiger partial charge on any atom is 0.280 e. The highest BCUT2D eigenvalue weighted by Crippen LogP contribution is 2.39. The van der Waals surface area contributed by atoms with E-state index in [0.29, 0.717) is 0 Å². The Labute approximate surface area is 132 Å². The Morgan fingerprint density at radius 1 is 1.55 bits per heavy atom. The fourth-order valence-electron chi connectivity index (χ4n) is 2.34. The van der Waals surface area contributed by atoms with Gasteiger partial charge in [-0.3, -0.25) is 14.3 Å². The number of hydrogen-bond acceptors (Lipinski definition) is 7. The lowest BCUT2D eigenvalue weighted by Gasteiger charge is -2.14. The molecule has 1 aliphatic heterocycles. The van der Waals surface area contributed by atoms with Crippen LogP contribution in [0.1, 0.15) is 6.23 Å². The molecule has 9 nitrogen and oxygen atoms in total. The first kappa shape index (κ1) is 15.3. The van der Waals surface area contributed by atoms with Crippen molar-refractivity contribution >= 4 is 40.3 Å². The first-order valence-corrected chi connectivity index (χ1v) is 6.91. The van der Waals surface area contributed by atoms with Crippen LogP contribution in [0, 0.1) is 0 Å². The van der Waals surface area contributed by atoms with Gasteiger partial charge in [-0.05, 0) is 0 Å². The molecule has 1 unspecified atom stereocenters. The zero-order valence-electron chi connectivity index (χ0n) is 10.9. The molecule has 1 saturated heterocycles. The van der Waals surface area contributed by atoms with E-state index < -0.39 is 30.6 Å². The van der Waals surface area contributed by atoms with E-state index in [1.807, 2.05) is 0 Å². The third kappa shape index (κ3) is 2.27. The van der Waals surface area contributed by atoms with Crippen molar-refractivity contribution in [3.05, 3.63) is 26.7 Å². The third-order valence-electron chi connectivity index (χ3n) is 3.34. The SMILES string of the molecule is Nc1nc2c(ncn2[C@@H]2O[C@H](CO)C(O)C2=C(Cl)Cl)c(=O)[nH]1. The average Bonchev–Trinajstić information content (AvgIpc) is 2.99. The minimum atomic E-state index is -1.20. The van der Waals surface area contributed by atoms with E-state index >= 15 is 0 Å². The van der Waals surface area contributed by atoms with E-state index in [1.54, 1.807) is 0 Å². The number of nitrogens with two attached hydrogens (primary N) is 1. The van der Waals surface area contributed by atoms with Crippen molar-refractivity contribution in [2.75, 3.05) is 12.3 Å². The number of fused-ring (bicyclic) bond motifs is 1. The summed E-state index contributed by atoms with van der Waals surface area (Å²) in [4.78, 5) is 22.0. The van der Waals surface area contributed by atoms with Gasteiger partial charge in [-0.15, -0.1) is 0 Å². The van der Waals surface area contributed by atoms with Crippen LogP contribution in [0.5, 0.6) is 0 Å². The van der Waals surface area contributed by atoms with Gasteiger partial charge in [-0.2, -0.15) is 4.98 Å². The maximum atomic E-state index is 11.8. The van der Waals surface area contributed by atoms with Crippen LogP contribution in [0.3, 0.4) is 0 Å². The standard InChI is InChI=1S/C11H11Cl2N5O4/c12-7(13)4-6(20)3(1-19)22-10(4)18-2-15-5-8(18)16-11(14)17-9(5)21/h2-3,6,10,19-20H,1H2,(H3,14,16,17,21)/t3-,6?,10-/m1/s1. The fraction of sp³-hybridized carbons (Fsp3) is 0.364. The molecule has 0 aromatic carbocycles. The number of ether oxygens (including phenoxy) is 1. The van der Waals surface area contributed by atoms with Gasteiger partial charge in [0.05, 0.1) is 12.9 Å². The number of hydrogen-bond donors (Lipinski definition) is 4. The van der Waals surface area contributed by atoms with Gasteiger partial charge in [0.15, 0.2) is 17.4 Å². The second kappa shape index (κ2) is 5.52. The van der Waals surface area contributed by atoms with Crippen LogP contribution in [0.25, 0.3) is 11.2 Å². The second-order valence-electron chi connectivity index (χ2n) is 4.65. The summed E-state index contributed by atoms with van der Waals surface area (Å²) in [5, 5.41) is 19.4. The van der Waals surface area contributed by atoms with Gasteiger partial charge in [0.1, 0.15) is 16.7 Å². The number of anilines is 1. The van der Waals surface area contributed by atoms with Crippen LogP contribution in [-0.4, -0.2) is 48.5 Å². The smallest absolute Gasteiger partial charge is 0.280 e. The number of aliphatic hydroxyl groups is 2. The minimum Gasteiger partial charge on any atom is -0.394 e. The number of aliphatic hydroxyl groups excluding tert-OH is 2. The monoisotopic (exact) mass is 347 g/mol. The number of rotatable bonds is 2. The van der Waals surface area contributed by atoms with Crippen molar-refractivity contribution in [3.8, 4) is 0 Å². The lowest BCUT2D eigenvalue weighted by molar-refractivity contribution is -0.0422. The molecule has 0 amide bonds. The first-order chi connectivity index (χ1) is 10.4. The van der Waals surface area contributed by atoms with Gasteiger partial charge >= 0.3 is 0 Å². The summed E-state index contributed by atoms with van der Waals surface area (Å²) in [6, 6.07) is 0. The molecule has 0 radical (unpaired) electrons. The molecule has 2 aromatic rings. The quantitative estimate of drug-likeness (QED) is 0.581. The Morgan fingerprint density at radius 3 is 2.91 bits per heavy atom. The topological polar surface area (TPSA) is 139 Å². The van der Waals surface area contributed by atoms with Crippen LogP contribution in [-0.2, 0) is 4.74 Å². The van der Waals surface area contributed by atoms with E-state index in [2.05, 4.69) is 15.0 Å². The zero-order valence-corrected chi connectivity index (χ0v) is 12.4. The molecule has 3 atom stereocenters. The van der Waals surface area contributed by atoms with E-state index in [1.165, 1.54) is 10.9 Å². The molecule has 0 spiro atoms. The molecule has 0 saturated carbocycles. The molecule has 22 heavy (non-hydrogen) atoms. The lowest BCUT2D eigenvalue weighted by atomic mass is 10.1. The number of aromatic nitrogens is 4. The molecular formula is C11H11Cl2N5O4. The molecule has 3 heterocycles. The Bertz CT molecular complexity index is 812. The number of halogens is 2. The number of aromatic amines is 1. The highest BCUT2D eigenvalue weighted by atomic mass is 35.5. The van der Waals surface area contributed by atoms with Gasteiger partial charge in [0.2, 0.25) is 5.95 Å². The summed E-state index contributed by atoms with van der Waals surface area (Å²) in [5.74, 6) is -0.0981. The molecule has 118 valence electrons. The molecule has 1 fully saturated rings. The van der Waals surface area contributed by atoms with Crippen molar-refractivity contribution in [2.24, 2.45) is 0 Å². The van der Waals surface area contributed by atoms with E-state index in [-0.39, 0.29) is 27.2 Å². The van der Waals surface area contributed by atoms with Crippen LogP contribution < -0.4 is 11.3 Å². The Kier molecular flexibility index (Phi) is 3.83. The molecule has 1 aliphatic rings. The molecule has 5 N–H and O–H groups in total. The van der Waals surface area contributed by atoms with Crippen molar-refractivity contribution in [1.82, 2.24) is 19.5 Å². The maximum absolute atomic E-state index is 11.8. The van der Waals surface area contributed by atoms with Crippen LogP contribution >= 0.6 is 23.2 Å².